The number of para-hydroxylation sites is 1. The first-order valence-electron chi connectivity index (χ1n) is 12.9. The van der Waals surface area contributed by atoms with Crippen LogP contribution >= 0.6 is 15.9 Å². The second-order valence-electron chi connectivity index (χ2n) is 9.18. The molecule has 1 heterocycles. The molecule has 4 aromatic carbocycles. The molecular formula is C33H28BrN3O3. The number of rotatable bonds is 9. The van der Waals surface area contributed by atoms with Crippen molar-refractivity contribution in [2.75, 3.05) is 6.61 Å². The van der Waals surface area contributed by atoms with E-state index in [4.69, 9.17) is 14.5 Å². The van der Waals surface area contributed by atoms with Gasteiger partial charge >= 0.3 is 0 Å². The van der Waals surface area contributed by atoms with E-state index in [1.807, 2.05) is 85.8 Å². The van der Waals surface area contributed by atoms with E-state index < -0.39 is 0 Å². The predicted octanol–water partition coefficient (Wildman–Crippen LogP) is 7.71. The van der Waals surface area contributed by atoms with Gasteiger partial charge in [-0.1, -0.05) is 78.4 Å². The van der Waals surface area contributed by atoms with Crippen molar-refractivity contribution >= 4 is 39.0 Å². The van der Waals surface area contributed by atoms with Gasteiger partial charge in [-0.05, 0) is 65.2 Å². The summed E-state index contributed by atoms with van der Waals surface area (Å²) in [6.07, 6.45) is 1.58. The summed E-state index contributed by atoms with van der Waals surface area (Å²) in [7, 11) is 0. The van der Waals surface area contributed by atoms with Gasteiger partial charge in [0.2, 0.25) is 0 Å². The first kappa shape index (κ1) is 27.1. The maximum Gasteiger partial charge on any atom is 0.272 e. The maximum atomic E-state index is 13.3. The average Bonchev–Trinajstić information content (AvgIpc) is 2.97. The third-order valence-corrected chi connectivity index (χ3v) is 6.80. The smallest absolute Gasteiger partial charge is 0.272 e. The minimum absolute atomic E-state index is 0.325. The van der Waals surface area contributed by atoms with Gasteiger partial charge < -0.3 is 9.47 Å². The van der Waals surface area contributed by atoms with Crippen LogP contribution in [-0.4, -0.2) is 23.7 Å². The van der Waals surface area contributed by atoms with Crippen LogP contribution < -0.4 is 14.9 Å². The Bertz CT molecular complexity index is 1690. The highest BCUT2D eigenvalue weighted by atomic mass is 79.9. The van der Waals surface area contributed by atoms with E-state index in [0.29, 0.717) is 30.3 Å². The molecule has 0 fully saturated rings. The zero-order valence-electron chi connectivity index (χ0n) is 22.2. The Balaban J connectivity index is 1.36. The molecule has 0 bridgehead atoms. The lowest BCUT2D eigenvalue weighted by molar-refractivity contribution is 0.0956. The lowest BCUT2D eigenvalue weighted by Gasteiger charge is -2.15. The number of hydrogen-bond donors (Lipinski definition) is 1. The van der Waals surface area contributed by atoms with Crippen LogP contribution in [0.25, 0.3) is 22.2 Å². The van der Waals surface area contributed by atoms with E-state index in [2.05, 4.69) is 45.5 Å². The number of aromatic nitrogens is 1. The second-order valence-corrected chi connectivity index (χ2v) is 10.0. The van der Waals surface area contributed by atoms with E-state index in [0.717, 1.165) is 37.8 Å². The molecule has 1 amide bonds. The largest absolute Gasteiger partial charge is 0.490 e. The normalized spacial score (nSPS) is 11.1. The first-order valence-corrected chi connectivity index (χ1v) is 13.7. The van der Waals surface area contributed by atoms with Crippen molar-refractivity contribution in [3.8, 4) is 22.8 Å². The topological polar surface area (TPSA) is 72.8 Å². The summed E-state index contributed by atoms with van der Waals surface area (Å²) in [5.74, 6) is 0.875. The number of hydrogen-bond acceptors (Lipinski definition) is 5. The first-order chi connectivity index (χ1) is 19.5. The van der Waals surface area contributed by atoms with E-state index in [9.17, 15) is 4.79 Å². The van der Waals surface area contributed by atoms with Gasteiger partial charge in [-0.3, -0.25) is 4.79 Å². The van der Waals surface area contributed by atoms with Crippen LogP contribution in [0.5, 0.6) is 11.5 Å². The molecule has 40 heavy (non-hydrogen) atoms. The SMILES string of the molecule is CCOc1cc(/C=N/NC(=O)c2cc(-c3ccccc3)nc3ccccc23)cc(Br)c1OCc1cccc(C)c1. The van der Waals surface area contributed by atoms with Gasteiger partial charge in [0.15, 0.2) is 11.5 Å². The quantitative estimate of drug-likeness (QED) is 0.140. The molecule has 0 spiro atoms. The predicted molar refractivity (Wildman–Crippen MR) is 163 cm³/mol. The highest BCUT2D eigenvalue weighted by Crippen LogP contribution is 2.37. The number of halogens is 1. The molecule has 5 rings (SSSR count). The van der Waals surface area contributed by atoms with Gasteiger partial charge in [-0.15, -0.1) is 0 Å². The van der Waals surface area contributed by atoms with Crippen molar-refractivity contribution in [3.05, 3.63) is 124 Å². The molecule has 5 aromatic rings. The van der Waals surface area contributed by atoms with Crippen molar-refractivity contribution in [1.29, 1.82) is 0 Å². The van der Waals surface area contributed by atoms with Crippen molar-refractivity contribution < 1.29 is 14.3 Å². The lowest BCUT2D eigenvalue weighted by Crippen LogP contribution is -2.18. The fraction of sp³-hybridized carbons (Fsp3) is 0.121. The van der Waals surface area contributed by atoms with Crippen molar-refractivity contribution in [1.82, 2.24) is 10.4 Å². The number of aryl methyl sites for hydroxylation is 1. The number of nitrogens with zero attached hydrogens (tertiary/aromatic N) is 2. The van der Waals surface area contributed by atoms with Crippen LogP contribution in [0.4, 0.5) is 0 Å². The Hall–Kier alpha value is -4.49. The Morgan fingerprint density at radius 2 is 1.75 bits per heavy atom. The molecule has 0 aliphatic heterocycles. The number of amides is 1. The van der Waals surface area contributed by atoms with Gasteiger partial charge in [0.1, 0.15) is 6.61 Å². The Kier molecular flexibility index (Phi) is 8.52. The molecule has 0 unspecified atom stereocenters. The molecule has 6 nitrogen and oxygen atoms in total. The number of fused-ring (bicyclic) bond motifs is 1. The fourth-order valence-electron chi connectivity index (χ4n) is 4.37. The summed E-state index contributed by atoms with van der Waals surface area (Å²) in [6, 6.07) is 31.1. The minimum atomic E-state index is -0.325. The molecule has 0 aliphatic rings. The number of benzene rings is 4. The summed E-state index contributed by atoms with van der Waals surface area (Å²) < 4.78 is 12.7. The minimum Gasteiger partial charge on any atom is -0.490 e. The molecule has 1 N–H and O–H groups in total. The van der Waals surface area contributed by atoms with Crippen molar-refractivity contribution in [2.45, 2.75) is 20.5 Å². The summed E-state index contributed by atoms with van der Waals surface area (Å²) in [5, 5.41) is 5.00. The number of carbonyl (C=O) groups excluding carboxylic acids is 1. The molecule has 7 heteroatoms. The third kappa shape index (κ3) is 6.38. The van der Waals surface area contributed by atoms with Crippen LogP contribution in [0.3, 0.4) is 0 Å². The monoisotopic (exact) mass is 593 g/mol. The average molecular weight is 595 g/mol. The van der Waals surface area contributed by atoms with E-state index in [1.54, 1.807) is 12.3 Å². The molecule has 1 aromatic heterocycles. The summed E-state index contributed by atoms with van der Waals surface area (Å²) >= 11 is 3.61. The Labute approximate surface area is 241 Å². The molecule has 0 atom stereocenters. The number of pyridine rings is 1. The maximum absolute atomic E-state index is 13.3. The van der Waals surface area contributed by atoms with Gasteiger partial charge in [0.05, 0.1) is 34.1 Å². The molecule has 0 aliphatic carbocycles. The van der Waals surface area contributed by atoms with Crippen LogP contribution in [0.1, 0.15) is 34.0 Å². The summed E-state index contributed by atoms with van der Waals surface area (Å²) in [4.78, 5) is 18.0. The standard InChI is InChI=1S/C33H28BrN3O3/c1-3-39-31-18-24(17-28(34)32(31)40-21-23-11-9-10-22(2)16-23)20-35-37-33(38)27-19-30(25-12-5-4-6-13-25)36-29-15-8-7-14-26(27)29/h4-20H,3,21H2,1-2H3,(H,37,38)/b35-20+. The zero-order valence-corrected chi connectivity index (χ0v) is 23.8. The Morgan fingerprint density at radius 3 is 2.55 bits per heavy atom. The van der Waals surface area contributed by atoms with Gasteiger partial charge in [-0.25, -0.2) is 10.4 Å². The fourth-order valence-corrected chi connectivity index (χ4v) is 4.94. The van der Waals surface area contributed by atoms with Gasteiger partial charge in [-0.2, -0.15) is 5.10 Å². The number of carbonyl (C=O) groups is 1. The molecule has 0 saturated heterocycles. The third-order valence-electron chi connectivity index (χ3n) is 6.21. The molecule has 200 valence electrons. The molecule has 0 saturated carbocycles. The zero-order chi connectivity index (χ0) is 27.9. The van der Waals surface area contributed by atoms with E-state index >= 15 is 0 Å². The molecule has 0 radical (unpaired) electrons. The second kappa shape index (κ2) is 12.6. The summed E-state index contributed by atoms with van der Waals surface area (Å²) in [6.45, 7) is 4.86. The van der Waals surface area contributed by atoms with Crippen LogP contribution in [0.2, 0.25) is 0 Å². The lowest BCUT2D eigenvalue weighted by atomic mass is 10.0. The highest BCUT2D eigenvalue weighted by Gasteiger charge is 2.15. The van der Waals surface area contributed by atoms with Crippen molar-refractivity contribution in [2.24, 2.45) is 5.10 Å². The number of nitrogens with one attached hydrogen (secondary N) is 1. The molecular weight excluding hydrogens is 566 g/mol. The summed E-state index contributed by atoms with van der Waals surface area (Å²) in [5.41, 5.74) is 8.55. The van der Waals surface area contributed by atoms with Crippen LogP contribution in [0, 0.1) is 6.92 Å². The highest BCUT2D eigenvalue weighted by molar-refractivity contribution is 9.10. The number of ether oxygens (including phenoxy) is 2. The van der Waals surface area contributed by atoms with Crippen LogP contribution in [-0.2, 0) is 6.61 Å². The van der Waals surface area contributed by atoms with Crippen LogP contribution in [0.15, 0.2) is 107 Å². The van der Waals surface area contributed by atoms with E-state index in [1.165, 1.54) is 5.56 Å². The van der Waals surface area contributed by atoms with E-state index in [-0.39, 0.29) is 5.91 Å². The Morgan fingerprint density at radius 1 is 0.950 bits per heavy atom. The van der Waals surface area contributed by atoms with Gasteiger partial charge in [0, 0.05) is 10.9 Å². The number of hydrazone groups is 1. The van der Waals surface area contributed by atoms with Gasteiger partial charge in [0.25, 0.3) is 5.91 Å². The van der Waals surface area contributed by atoms with Crippen molar-refractivity contribution in [3.63, 3.8) is 0 Å².